The van der Waals surface area contributed by atoms with E-state index in [9.17, 15) is 29.1 Å². The van der Waals surface area contributed by atoms with Crippen molar-refractivity contribution in [2.24, 2.45) is 22.2 Å². The molecule has 242 valence electrons. The summed E-state index contributed by atoms with van der Waals surface area (Å²) in [7, 11) is 0. The summed E-state index contributed by atoms with van der Waals surface area (Å²) >= 11 is 0. The molecule has 0 aliphatic carbocycles. The van der Waals surface area contributed by atoms with Crippen LogP contribution in [0.5, 0.6) is 0 Å². The lowest BCUT2D eigenvalue weighted by molar-refractivity contribution is -0.143. The first kappa shape index (κ1) is 34.6. The zero-order chi connectivity index (χ0) is 33.5. The second-order valence-corrected chi connectivity index (χ2v) is 10.3. The highest BCUT2D eigenvalue weighted by molar-refractivity contribution is 5.93. The highest BCUT2D eigenvalue weighted by Gasteiger charge is 2.35. The number of hydrogen-bond donors (Lipinski definition) is 7. The van der Waals surface area contributed by atoms with Crippen molar-refractivity contribution in [3.63, 3.8) is 0 Å². The van der Waals surface area contributed by atoms with Crippen LogP contribution in [0, 0.1) is 0 Å². The number of benzene rings is 3. The third kappa shape index (κ3) is 11.0. The molecule has 3 aromatic carbocycles. The van der Waals surface area contributed by atoms with Gasteiger partial charge in [0.25, 0.3) is 0 Å². The average molecular weight is 631 g/mol. The SMILES string of the molecule is NC(=O)NC(=O)NCc1ccc(CN(C(=O)C(c2ccccc2)c2ccccc2)[C@H](CCCN=C(N)N)C(=O)NCC(=O)O)cc1. The highest BCUT2D eigenvalue weighted by Crippen LogP contribution is 2.29. The molecule has 14 nitrogen and oxygen atoms in total. The number of primary amides is 1. The second kappa shape index (κ2) is 17.4. The number of carbonyl (C=O) groups excluding carboxylic acids is 4. The third-order valence-electron chi connectivity index (χ3n) is 6.88. The van der Waals surface area contributed by atoms with Gasteiger partial charge in [0.15, 0.2) is 5.96 Å². The Morgan fingerprint density at radius 3 is 1.87 bits per heavy atom. The van der Waals surface area contributed by atoms with Crippen LogP contribution in [0.1, 0.15) is 41.0 Å². The van der Waals surface area contributed by atoms with Crippen molar-refractivity contribution < 1.29 is 29.1 Å². The number of nitrogens with two attached hydrogens (primary N) is 3. The van der Waals surface area contributed by atoms with Crippen molar-refractivity contribution in [1.29, 1.82) is 0 Å². The van der Waals surface area contributed by atoms with Gasteiger partial charge in [-0.3, -0.25) is 24.7 Å². The van der Waals surface area contributed by atoms with E-state index in [1.807, 2.05) is 66.0 Å². The molecule has 0 saturated carbocycles. The zero-order valence-electron chi connectivity index (χ0n) is 25.1. The number of amides is 6. The molecule has 0 aromatic heterocycles. The number of nitrogens with one attached hydrogen (secondary N) is 3. The number of nitrogens with zero attached hydrogens (tertiary/aromatic N) is 2. The van der Waals surface area contributed by atoms with E-state index >= 15 is 0 Å². The molecule has 0 bridgehead atoms. The van der Waals surface area contributed by atoms with Crippen LogP contribution in [0.2, 0.25) is 0 Å². The number of carbonyl (C=O) groups is 5. The fraction of sp³-hybridized carbons (Fsp3) is 0.250. The number of hydrogen-bond acceptors (Lipinski definition) is 6. The van der Waals surface area contributed by atoms with Crippen molar-refractivity contribution in [2.75, 3.05) is 13.1 Å². The summed E-state index contributed by atoms with van der Waals surface area (Å²) in [5.41, 5.74) is 18.7. The zero-order valence-corrected chi connectivity index (χ0v) is 25.1. The van der Waals surface area contributed by atoms with Crippen molar-refractivity contribution in [2.45, 2.75) is 37.9 Å². The lowest BCUT2D eigenvalue weighted by atomic mass is 9.89. The van der Waals surface area contributed by atoms with Gasteiger partial charge in [0.05, 0.1) is 5.92 Å². The number of guanidine groups is 1. The maximum atomic E-state index is 14.7. The minimum Gasteiger partial charge on any atom is -0.480 e. The largest absolute Gasteiger partial charge is 0.480 e. The van der Waals surface area contributed by atoms with Crippen molar-refractivity contribution in [1.82, 2.24) is 20.9 Å². The molecule has 0 spiro atoms. The number of carboxylic acids is 1. The topological polar surface area (TPSA) is 235 Å². The maximum Gasteiger partial charge on any atom is 0.323 e. The monoisotopic (exact) mass is 630 g/mol. The quantitative estimate of drug-likeness (QED) is 0.0733. The molecule has 14 heteroatoms. The van der Waals surface area contributed by atoms with E-state index in [1.54, 1.807) is 24.3 Å². The van der Waals surface area contributed by atoms with Crippen LogP contribution < -0.4 is 33.2 Å². The van der Waals surface area contributed by atoms with Gasteiger partial charge in [-0.15, -0.1) is 0 Å². The van der Waals surface area contributed by atoms with Crippen molar-refractivity contribution >= 4 is 35.8 Å². The maximum absolute atomic E-state index is 14.7. The molecule has 1 atom stereocenters. The van der Waals surface area contributed by atoms with Gasteiger partial charge in [0.2, 0.25) is 11.8 Å². The van der Waals surface area contributed by atoms with Gasteiger partial charge in [-0.2, -0.15) is 0 Å². The molecule has 3 rings (SSSR count). The summed E-state index contributed by atoms with van der Waals surface area (Å²) in [6.07, 6.45) is 0.466. The number of urea groups is 2. The van der Waals surface area contributed by atoms with Gasteiger partial charge < -0.3 is 37.8 Å². The Labute approximate surface area is 266 Å². The Kier molecular flexibility index (Phi) is 13.1. The lowest BCUT2D eigenvalue weighted by Gasteiger charge is -2.34. The molecule has 0 aliphatic rings. The molecular weight excluding hydrogens is 592 g/mol. The molecule has 0 unspecified atom stereocenters. The van der Waals surface area contributed by atoms with E-state index in [0.717, 1.165) is 0 Å². The summed E-state index contributed by atoms with van der Waals surface area (Å²) in [5, 5.41) is 16.1. The fourth-order valence-corrected chi connectivity index (χ4v) is 4.78. The first-order valence-corrected chi connectivity index (χ1v) is 14.4. The molecule has 0 heterocycles. The van der Waals surface area contributed by atoms with Crippen molar-refractivity contribution in [3.8, 4) is 0 Å². The molecular formula is C32H38N8O6. The van der Waals surface area contributed by atoms with Crippen LogP contribution in [0.25, 0.3) is 0 Å². The first-order chi connectivity index (χ1) is 22.0. The Bertz CT molecular complexity index is 1470. The molecule has 0 radical (unpaired) electrons. The van der Waals surface area contributed by atoms with E-state index in [1.165, 1.54) is 4.90 Å². The number of rotatable bonds is 15. The molecule has 6 amide bonds. The third-order valence-corrected chi connectivity index (χ3v) is 6.88. The first-order valence-electron chi connectivity index (χ1n) is 14.4. The van der Waals surface area contributed by atoms with Gasteiger partial charge in [-0.25, -0.2) is 9.59 Å². The average Bonchev–Trinajstić information content (AvgIpc) is 3.03. The number of aliphatic carboxylic acids is 1. The molecule has 3 aromatic rings. The summed E-state index contributed by atoms with van der Waals surface area (Å²) < 4.78 is 0. The van der Waals surface area contributed by atoms with E-state index in [4.69, 9.17) is 17.2 Å². The summed E-state index contributed by atoms with van der Waals surface area (Å²) in [6.45, 7) is -0.342. The number of aliphatic imine (C=N–C) groups is 1. The lowest BCUT2D eigenvalue weighted by Crippen LogP contribution is -2.51. The molecule has 10 N–H and O–H groups in total. The highest BCUT2D eigenvalue weighted by atomic mass is 16.4. The van der Waals surface area contributed by atoms with E-state index in [2.05, 4.69) is 15.6 Å². The minimum atomic E-state index is -1.23. The summed E-state index contributed by atoms with van der Waals surface area (Å²) in [5.74, 6) is -3.13. The standard InChI is InChI=1S/C32H38N8O6/c33-30(34)36-17-7-12-25(28(43)37-19-26(41)42)40(20-22-15-13-21(14-16-22)18-38-32(46)39-31(35)45)29(44)27(23-8-3-1-4-9-23)24-10-5-2-6-11-24/h1-6,8-11,13-16,25,27H,7,12,17-20H2,(H,37,43)(H,41,42)(H4,33,34,36)(H4,35,38,39,45,46)/t25-/m1/s1. The van der Waals surface area contributed by atoms with Crippen LogP contribution >= 0.6 is 0 Å². The van der Waals surface area contributed by atoms with E-state index in [0.29, 0.717) is 28.7 Å². The smallest absolute Gasteiger partial charge is 0.323 e. The van der Waals surface area contributed by atoms with E-state index in [-0.39, 0.29) is 37.9 Å². The number of carboxylic acid groups (broad SMARTS) is 1. The van der Waals surface area contributed by atoms with Gasteiger partial charge >= 0.3 is 18.0 Å². The van der Waals surface area contributed by atoms with Crippen LogP contribution in [-0.2, 0) is 27.5 Å². The van der Waals surface area contributed by atoms with Gasteiger partial charge in [0.1, 0.15) is 12.6 Å². The predicted molar refractivity (Wildman–Crippen MR) is 171 cm³/mol. The predicted octanol–water partition coefficient (Wildman–Crippen LogP) is 1.35. The Morgan fingerprint density at radius 1 is 0.783 bits per heavy atom. The van der Waals surface area contributed by atoms with E-state index < -0.39 is 42.4 Å². The normalized spacial score (nSPS) is 11.2. The van der Waals surface area contributed by atoms with Gasteiger partial charge in [0, 0.05) is 19.6 Å². The van der Waals surface area contributed by atoms with Crippen LogP contribution in [-0.4, -0.2) is 64.9 Å². The second-order valence-electron chi connectivity index (χ2n) is 10.3. The van der Waals surface area contributed by atoms with Gasteiger partial charge in [-0.05, 0) is 35.1 Å². The van der Waals surface area contributed by atoms with Crippen molar-refractivity contribution in [3.05, 3.63) is 107 Å². The Hall–Kier alpha value is -5.92. The summed E-state index contributed by atoms with van der Waals surface area (Å²) in [4.78, 5) is 67.6. The van der Waals surface area contributed by atoms with Crippen LogP contribution in [0.4, 0.5) is 9.59 Å². The van der Waals surface area contributed by atoms with Crippen LogP contribution in [0.15, 0.2) is 89.9 Å². The Morgan fingerprint density at radius 2 is 1.35 bits per heavy atom. The van der Waals surface area contributed by atoms with Gasteiger partial charge in [-0.1, -0.05) is 84.9 Å². The molecule has 0 fully saturated rings. The minimum absolute atomic E-state index is 0.00166. The number of imide groups is 1. The molecule has 0 saturated heterocycles. The summed E-state index contributed by atoms with van der Waals surface area (Å²) in [6, 6.07) is 22.5. The van der Waals surface area contributed by atoms with Crippen LogP contribution in [0.3, 0.4) is 0 Å². The molecule has 46 heavy (non-hydrogen) atoms. The molecule has 0 aliphatic heterocycles. The Balaban J connectivity index is 2.01. The fourth-order valence-electron chi connectivity index (χ4n) is 4.78.